The van der Waals surface area contributed by atoms with Crippen LogP contribution in [0, 0.1) is 0 Å². The van der Waals surface area contributed by atoms with Crippen LogP contribution in [0.3, 0.4) is 0 Å². The number of aromatic nitrogens is 2. The second-order valence-corrected chi connectivity index (χ2v) is 3.99. The summed E-state index contributed by atoms with van der Waals surface area (Å²) in [5.74, 6) is 1.28. The largest absolute Gasteiger partial charge is 0.332 e. The van der Waals surface area contributed by atoms with Crippen molar-refractivity contribution in [3.8, 4) is 0 Å². The average molecular weight is 208 g/mol. The fraction of sp³-hybridized carbons (Fsp3) is 0.769. The molecule has 0 spiro atoms. The number of hydrogen-bond acceptors (Lipinski definition) is 1. The smallest absolute Gasteiger partial charge is 0.108 e. The Morgan fingerprint density at radius 1 is 1.00 bits per heavy atom. The molecule has 1 aromatic heterocycles. The van der Waals surface area contributed by atoms with Gasteiger partial charge in [0.2, 0.25) is 0 Å². The zero-order valence-corrected chi connectivity index (χ0v) is 10.6. The summed E-state index contributed by atoms with van der Waals surface area (Å²) < 4.78 is 2.45. The van der Waals surface area contributed by atoms with Crippen LogP contribution in [0.25, 0.3) is 0 Å². The van der Waals surface area contributed by atoms with Crippen molar-refractivity contribution in [2.24, 2.45) is 0 Å². The molecule has 86 valence electrons. The third-order valence-electron chi connectivity index (χ3n) is 2.96. The maximum atomic E-state index is 4.73. The van der Waals surface area contributed by atoms with Gasteiger partial charge in [-0.25, -0.2) is 4.98 Å². The fourth-order valence-corrected chi connectivity index (χ4v) is 2.12. The Kier molecular flexibility index (Phi) is 4.86. The molecule has 0 radical (unpaired) electrons. The fourth-order valence-electron chi connectivity index (χ4n) is 2.12. The van der Waals surface area contributed by atoms with Crippen molar-refractivity contribution in [2.45, 2.75) is 66.3 Å². The number of hydrogen-bond donors (Lipinski definition) is 0. The zero-order valence-electron chi connectivity index (χ0n) is 10.6. The van der Waals surface area contributed by atoms with Crippen LogP contribution in [0.2, 0.25) is 0 Å². The van der Waals surface area contributed by atoms with Crippen LogP contribution in [0.1, 0.15) is 57.7 Å². The van der Waals surface area contributed by atoms with Gasteiger partial charge in [0, 0.05) is 18.7 Å². The van der Waals surface area contributed by atoms with Crippen LogP contribution in [0.5, 0.6) is 0 Å². The van der Waals surface area contributed by atoms with Gasteiger partial charge in [0.1, 0.15) is 5.82 Å². The highest BCUT2D eigenvalue weighted by Crippen LogP contribution is 2.15. The van der Waals surface area contributed by atoms with Crippen LogP contribution in [0.4, 0.5) is 0 Å². The van der Waals surface area contributed by atoms with E-state index in [-0.39, 0.29) is 0 Å². The van der Waals surface area contributed by atoms with Crippen LogP contribution >= 0.6 is 0 Å². The summed E-state index contributed by atoms with van der Waals surface area (Å²) in [6, 6.07) is 0. The molecule has 1 heterocycles. The number of imidazole rings is 1. The van der Waals surface area contributed by atoms with Gasteiger partial charge in [0.05, 0.1) is 5.69 Å². The van der Waals surface area contributed by atoms with Gasteiger partial charge >= 0.3 is 0 Å². The van der Waals surface area contributed by atoms with Crippen molar-refractivity contribution in [3.05, 3.63) is 17.2 Å². The van der Waals surface area contributed by atoms with Crippen molar-refractivity contribution >= 4 is 0 Å². The highest BCUT2D eigenvalue weighted by atomic mass is 15.1. The van der Waals surface area contributed by atoms with Gasteiger partial charge in [-0.3, -0.25) is 0 Å². The van der Waals surface area contributed by atoms with E-state index in [1.54, 1.807) is 0 Å². The molecule has 0 aliphatic heterocycles. The molecule has 0 aliphatic rings. The van der Waals surface area contributed by atoms with Crippen molar-refractivity contribution in [1.82, 2.24) is 9.55 Å². The van der Waals surface area contributed by atoms with Gasteiger partial charge in [-0.15, -0.1) is 0 Å². The Morgan fingerprint density at radius 2 is 1.73 bits per heavy atom. The average Bonchev–Trinajstić information content (AvgIpc) is 2.62. The summed E-state index contributed by atoms with van der Waals surface area (Å²) in [4.78, 5) is 4.73. The number of rotatable bonds is 6. The molecule has 0 aliphatic carbocycles. The van der Waals surface area contributed by atoms with Gasteiger partial charge in [0.25, 0.3) is 0 Å². The van der Waals surface area contributed by atoms with E-state index in [9.17, 15) is 0 Å². The summed E-state index contributed by atoms with van der Waals surface area (Å²) in [6.45, 7) is 10.0. The van der Waals surface area contributed by atoms with E-state index in [0.717, 1.165) is 25.8 Å². The molecule has 15 heavy (non-hydrogen) atoms. The third-order valence-corrected chi connectivity index (χ3v) is 2.96. The summed E-state index contributed by atoms with van der Waals surface area (Å²) in [6.07, 6.45) is 5.75. The van der Waals surface area contributed by atoms with E-state index in [4.69, 9.17) is 4.98 Å². The molecule has 1 aromatic rings. The Balaban J connectivity index is 3.01. The summed E-state index contributed by atoms with van der Waals surface area (Å²) in [7, 11) is 0. The van der Waals surface area contributed by atoms with E-state index in [0.29, 0.717) is 0 Å². The zero-order chi connectivity index (χ0) is 11.3. The maximum absolute atomic E-state index is 4.73. The van der Waals surface area contributed by atoms with E-state index in [1.165, 1.54) is 30.1 Å². The van der Waals surface area contributed by atoms with Crippen LogP contribution < -0.4 is 0 Å². The lowest BCUT2D eigenvalue weighted by Gasteiger charge is -2.09. The minimum atomic E-state index is 1.05. The first-order chi connectivity index (χ1) is 7.28. The van der Waals surface area contributed by atoms with E-state index in [1.807, 2.05) is 0 Å². The molecular formula is C13H24N2. The van der Waals surface area contributed by atoms with Crippen LogP contribution in [-0.4, -0.2) is 9.55 Å². The maximum Gasteiger partial charge on any atom is 0.108 e. The molecule has 0 N–H and O–H groups in total. The lowest BCUT2D eigenvalue weighted by Crippen LogP contribution is -2.07. The van der Waals surface area contributed by atoms with Gasteiger partial charge in [0.15, 0.2) is 0 Å². The molecule has 0 fully saturated rings. The Morgan fingerprint density at radius 3 is 2.20 bits per heavy atom. The highest BCUT2D eigenvalue weighted by molar-refractivity contribution is 5.17. The van der Waals surface area contributed by atoms with Crippen molar-refractivity contribution < 1.29 is 0 Å². The first-order valence-electron chi connectivity index (χ1n) is 6.35. The predicted molar refractivity (Wildman–Crippen MR) is 65.3 cm³/mol. The van der Waals surface area contributed by atoms with Crippen LogP contribution in [-0.2, 0) is 25.8 Å². The highest BCUT2D eigenvalue weighted by Gasteiger charge is 2.12. The van der Waals surface area contributed by atoms with Crippen molar-refractivity contribution in [2.75, 3.05) is 0 Å². The quantitative estimate of drug-likeness (QED) is 0.701. The Bertz CT molecular complexity index is 300. The number of aryl methyl sites for hydroxylation is 2. The molecule has 2 heteroatoms. The molecule has 0 atom stereocenters. The van der Waals surface area contributed by atoms with Crippen molar-refractivity contribution in [3.63, 3.8) is 0 Å². The molecule has 0 amide bonds. The molecule has 0 aromatic carbocycles. The summed E-state index contributed by atoms with van der Waals surface area (Å²) in [5, 5.41) is 0. The number of nitrogens with zero attached hydrogens (tertiary/aromatic N) is 2. The molecule has 0 saturated carbocycles. The monoisotopic (exact) mass is 208 g/mol. The van der Waals surface area contributed by atoms with Gasteiger partial charge in [-0.05, 0) is 19.3 Å². The first kappa shape index (κ1) is 12.3. The molecule has 0 unspecified atom stereocenters. The molecule has 1 rings (SSSR count). The van der Waals surface area contributed by atoms with Gasteiger partial charge in [-0.2, -0.15) is 0 Å². The van der Waals surface area contributed by atoms with Gasteiger partial charge in [-0.1, -0.05) is 34.1 Å². The minimum Gasteiger partial charge on any atom is -0.332 e. The minimum absolute atomic E-state index is 1.05. The van der Waals surface area contributed by atoms with Crippen LogP contribution in [0.15, 0.2) is 0 Å². The second-order valence-electron chi connectivity index (χ2n) is 3.99. The molecular weight excluding hydrogens is 184 g/mol. The lowest BCUT2D eigenvalue weighted by atomic mass is 10.2. The second kappa shape index (κ2) is 5.94. The molecule has 0 bridgehead atoms. The van der Waals surface area contributed by atoms with Gasteiger partial charge < -0.3 is 4.57 Å². The van der Waals surface area contributed by atoms with E-state index < -0.39 is 0 Å². The first-order valence-corrected chi connectivity index (χ1v) is 6.35. The Labute approximate surface area is 93.7 Å². The Hall–Kier alpha value is -0.790. The topological polar surface area (TPSA) is 17.8 Å². The summed E-state index contributed by atoms with van der Waals surface area (Å²) >= 11 is 0. The standard InChI is InChI=1S/C13H24N2/c1-5-9-10-15-12(7-3)11(6-2)14-13(15)8-4/h5-10H2,1-4H3. The SMILES string of the molecule is CCCCn1c(CC)nc(CC)c1CC. The lowest BCUT2D eigenvalue weighted by molar-refractivity contribution is 0.585. The predicted octanol–water partition coefficient (Wildman–Crippen LogP) is 3.37. The molecule has 0 saturated heterocycles. The third kappa shape index (κ3) is 2.61. The number of unbranched alkanes of at least 4 members (excludes halogenated alkanes) is 1. The van der Waals surface area contributed by atoms with Crippen molar-refractivity contribution in [1.29, 1.82) is 0 Å². The molecule has 2 nitrogen and oxygen atoms in total. The normalized spacial score (nSPS) is 10.9. The summed E-state index contributed by atoms with van der Waals surface area (Å²) in [5.41, 5.74) is 2.77. The van der Waals surface area contributed by atoms with E-state index >= 15 is 0 Å². The van der Waals surface area contributed by atoms with E-state index in [2.05, 4.69) is 32.3 Å².